The lowest BCUT2D eigenvalue weighted by Gasteiger charge is -2.38. The fourth-order valence-corrected chi connectivity index (χ4v) is 2.88. The molecule has 0 spiro atoms. The highest BCUT2D eigenvalue weighted by molar-refractivity contribution is 6.76. The van der Waals surface area contributed by atoms with Crippen LogP contribution in [-0.4, -0.2) is 39.0 Å². The van der Waals surface area contributed by atoms with E-state index in [1.807, 2.05) is 13.8 Å². The molecule has 0 aromatic rings. The van der Waals surface area contributed by atoms with Crippen LogP contribution in [0.4, 0.5) is 4.79 Å². The van der Waals surface area contributed by atoms with Crippen LogP contribution in [0.2, 0.25) is 25.7 Å². The number of carbonyl (C=O) groups is 1. The molecule has 1 heterocycles. The molecular weight excluding hydrogens is 260 g/mol. The van der Waals surface area contributed by atoms with Crippen molar-refractivity contribution in [3.05, 3.63) is 0 Å². The van der Waals surface area contributed by atoms with Gasteiger partial charge in [0.05, 0.1) is 11.6 Å². The molecule has 19 heavy (non-hydrogen) atoms. The van der Waals surface area contributed by atoms with Gasteiger partial charge < -0.3 is 14.9 Å². The Hall–Kier alpha value is -0.593. The molecule has 1 amide bonds. The minimum atomic E-state index is -1.09. The van der Waals surface area contributed by atoms with Gasteiger partial charge in [-0.3, -0.25) is 0 Å². The number of hydrogen-bond acceptors (Lipinski definition) is 4. The van der Waals surface area contributed by atoms with Crippen LogP contribution in [0.5, 0.6) is 0 Å². The Morgan fingerprint density at radius 2 is 2.11 bits per heavy atom. The molecule has 1 rings (SSSR count). The third-order valence-electron chi connectivity index (χ3n) is 3.38. The minimum Gasteiger partial charge on any atom is -0.373 e. The second-order valence-electron chi connectivity index (χ2n) is 6.89. The number of rotatable bonds is 5. The lowest BCUT2D eigenvalue weighted by molar-refractivity contribution is -0.0749. The van der Waals surface area contributed by atoms with Crippen LogP contribution in [0, 0.1) is 0 Å². The molecule has 1 aliphatic rings. The maximum absolute atomic E-state index is 11.7. The van der Waals surface area contributed by atoms with E-state index in [1.165, 1.54) is 0 Å². The summed E-state index contributed by atoms with van der Waals surface area (Å²) in [6.45, 7) is 12.3. The largest absolute Gasteiger partial charge is 0.426 e. The molecule has 1 unspecified atom stereocenters. The van der Waals surface area contributed by atoms with Gasteiger partial charge in [0, 0.05) is 21.2 Å². The number of hydroxylamine groups is 1. The topological polar surface area (TPSA) is 59.6 Å². The van der Waals surface area contributed by atoms with Crippen LogP contribution in [0.15, 0.2) is 0 Å². The fraction of sp³-hybridized carbons (Fsp3) is 0.923. The highest BCUT2D eigenvalue weighted by Gasteiger charge is 2.34. The van der Waals surface area contributed by atoms with Crippen molar-refractivity contribution < 1.29 is 14.4 Å². The van der Waals surface area contributed by atoms with E-state index in [1.54, 1.807) is 0 Å². The van der Waals surface area contributed by atoms with E-state index < -0.39 is 14.2 Å². The van der Waals surface area contributed by atoms with E-state index in [0.717, 1.165) is 25.5 Å². The molecule has 2 N–H and O–H groups in total. The smallest absolute Gasteiger partial charge is 0.373 e. The SMILES string of the molecule is CC1(C)OCCCC1NC(=O)ONCC[Si](C)(C)C. The van der Waals surface area contributed by atoms with E-state index in [9.17, 15) is 4.79 Å². The first kappa shape index (κ1) is 16.5. The van der Waals surface area contributed by atoms with Crippen LogP contribution in [0.3, 0.4) is 0 Å². The predicted octanol–water partition coefficient (Wildman–Crippen LogP) is 2.51. The molecule has 1 fully saturated rings. The van der Waals surface area contributed by atoms with Gasteiger partial charge in [0.25, 0.3) is 0 Å². The van der Waals surface area contributed by atoms with Crippen molar-refractivity contribution in [3.8, 4) is 0 Å². The van der Waals surface area contributed by atoms with Gasteiger partial charge in [-0.2, -0.15) is 5.48 Å². The molecule has 1 aliphatic heterocycles. The first-order chi connectivity index (χ1) is 8.71. The molecule has 112 valence electrons. The Balaban J connectivity index is 2.23. The number of carbonyl (C=O) groups excluding carboxylic acids is 1. The second kappa shape index (κ2) is 6.72. The van der Waals surface area contributed by atoms with Gasteiger partial charge in [0.1, 0.15) is 0 Å². The molecule has 5 nitrogen and oxygen atoms in total. The van der Waals surface area contributed by atoms with Crippen LogP contribution < -0.4 is 10.8 Å². The summed E-state index contributed by atoms with van der Waals surface area (Å²) < 4.78 is 5.66. The van der Waals surface area contributed by atoms with Gasteiger partial charge in [0.15, 0.2) is 0 Å². The Morgan fingerprint density at radius 3 is 2.68 bits per heavy atom. The number of nitrogens with one attached hydrogen (secondary N) is 2. The summed E-state index contributed by atoms with van der Waals surface area (Å²) >= 11 is 0. The molecule has 0 aromatic heterocycles. The average Bonchev–Trinajstić information content (AvgIpc) is 2.26. The lowest BCUT2D eigenvalue weighted by atomic mass is 9.92. The highest BCUT2D eigenvalue weighted by Crippen LogP contribution is 2.24. The summed E-state index contributed by atoms with van der Waals surface area (Å²) in [5, 5.41) is 2.87. The van der Waals surface area contributed by atoms with Crippen molar-refractivity contribution in [3.63, 3.8) is 0 Å². The second-order valence-corrected chi connectivity index (χ2v) is 12.5. The van der Waals surface area contributed by atoms with Crippen LogP contribution in [0.25, 0.3) is 0 Å². The fourth-order valence-electron chi connectivity index (χ4n) is 2.03. The molecule has 0 saturated carbocycles. The van der Waals surface area contributed by atoms with Crippen molar-refractivity contribution in [2.75, 3.05) is 13.2 Å². The van der Waals surface area contributed by atoms with Crippen molar-refractivity contribution in [1.82, 2.24) is 10.8 Å². The Morgan fingerprint density at radius 1 is 1.42 bits per heavy atom. The van der Waals surface area contributed by atoms with E-state index in [-0.39, 0.29) is 11.6 Å². The van der Waals surface area contributed by atoms with Gasteiger partial charge in [-0.15, -0.1) is 0 Å². The molecule has 0 aliphatic carbocycles. The molecular formula is C13H28N2O3Si. The van der Waals surface area contributed by atoms with Crippen molar-refractivity contribution in [2.45, 2.75) is 64.0 Å². The number of amides is 1. The van der Waals surface area contributed by atoms with Crippen LogP contribution >= 0.6 is 0 Å². The maximum atomic E-state index is 11.7. The first-order valence-electron chi connectivity index (χ1n) is 7.05. The zero-order valence-electron chi connectivity index (χ0n) is 12.8. The van der Waals surface area contributed by atoms with E-state index in [4.69, 9.17) is 9.57 Å². The normalized spacial score (nSPS) is 22.9. The van der Waals surface area contributed by atoms with E-state index >= 15 is 0 Å². The lowest BCUT2D eigenvalue weighted by Crippen LogP contribution is -2.54. The molecule has 1 atom stereocenters. The summed E-state index contributed by atoms with van der Waals surface area (Å²) in [6, 6.07) is 1.09. The van der Waals surface area contributed by atoms with Gasteiger partial charge in [-0.1, -0.05) is 19.6 Å². The molecule has 0 bridgehead atoms. The Kier molecular flexibility index (Phi) is 5.82. The predicted molar refractivity (Wildman–Crippen MR) is 78.8 cm³/mol. The van der Waals surface area contributed by atoms with Crippen molar-refractivity contribution in [2.24, 2.45) is 0 Å². The standard InChI is InChI=1S/C13H28N2O3Si/c1-13(2)11(7-6-9-17-13)15-12(16)18-14-8-10-19(3,4)5/h11,14H,6-10H2,1-5H3,(H,15,16). The Bertz CT molecular complexity index is 303. The molecule has 1 saturated heterocycles. The minimum absolute atomic E-state index is 0.00698. The van der Waals surface area contributed by atoms with Crippen molar-refractivity contribution in [1.29, 1.82) is 0 Å². The average molecular weight is 288 g/mol. The molecule has 0 radical (unpaired) electrons. The van der Waals surface area contributed by atoms with Gasteiger partial charge in [0.2, 0.25) is 0 Å². The third kappa shape index (κ3) is 6.40. The zero-order chi connectivity index (χ0) is 14.5. The maximum Gasteiger partial charge on any atom is 0.426 e. The molecule has 6 heteroatoms. The summed E-state index contributed by atoms with van der Waals surface area (Å²) in [6.07, 6.45) is 1.48. The van der Waals surface area contributed by atoms with Gasteiger partial charge in [-0.05, 0) is 32.7 Å². The summed E-state index contributed by atoms with van der Waals surface area (Å²) in [5.74, 6) is 0. The molecule has 0 aromatic carbocycles. The first-order valence-corrected chi connectivity index (χ1v) is 10.8. The summed E-state index contributed by atoms with van der Waals surface area (Å²) in [4.78, 5) is 16.7. The third-order valence-corrected chi connectivity index (χ3v) is 5.13. The summed E-state index contributed by atoms with van der Waals surface area (Å²) in [5.41, 5.74) is 2.42. The van der Waals surface area contributed by atoms with E-state index in [2.05, 4.69) is 30.4 Å². The quantitative estimate of drug-likeness (QED) is 0.463. The number of hydrogen-bond donors (Lipinski definition) is 2. The van der Waals surface area contributed by atoms with Gasteiger partial charge >= 0.3 is 6.09 Å². The number of ether oxygens (including phenoxy) is 1. The van der Waals surface area contributed by atoms with Gasteiger partial charge in [-0.25, -0.2) is 4.79 Å². The highest BCUT2D eigenvalue weighted by atomic mass is 28.3. The van der Waals surface area contributed by atoms with Crippen LogP contribution in [-0.2, 0) is 9.57 Å². The zero-order valence-corrected chi connectivity index (χ0v) is 13.8. The Labute approximate surface area is 117 Å². The van der Waals surface area contributed by atoms with Crippen LogP contribution in [0.1, 0.15) is 26.7 Å². The van der Waals surface area contributed by atoms with Crippen molar-refractivity contribution >= 4 is 14.2 Å². The summed E-state index contributed by atoms with van der Waals surface area (Å²) in [7, 11) is -1.09. The monoisotopic (exact) mass is 288 g/mol. The van der Waals surface area contributed by atoms with E-state index in [0.29, 0.717) is 6.54 Å².